The highest BCUT2D eigenvalue weighted by Gasteiger charge is 2.47. The number of carbonyl (C=O) groups is 1. The summed E-state index contributed by atoms with van der Waals surface area (Å²) in [6, 6.07) is 14.5. The van der Waals surface area contributed by atoms with Gasteiger partial charge in [0.05, 0.1) is 25.7 Å². The average Bonchev–Trinajstić information content (AvgIpc) is 3.38. The summed E-state index contributed by atoms with van der Waals surface area (Å²) in [5.41, 5.74) is 3.54. The van der Waals surface area contributed by atoms with Crippen molar-refractivity contribution in [3.05, 3.63) is 64.2 Å². The van der Waals surface area contributed by atoms with Gasteiger partial charge in [0.25, 0.3) is 5.91 Å². The van der Waals surface area contributed by atoms with E-state index in [0.29, 0.717) is 10.6 Å². The molecule has 2 unspecified atom stereocenters. The van der Waals surface area contributed by atoms with E-state index in [-0.39, 0.29) is 12.5 Å². The number of anilines is 1. The van der Waals surface area contributed by atoms with Crippen LogP contribution < -0.4 is 10.1 Å². The van der Waals surface area contributed by atoms with Crippen LogP contribution in [0.15, 0.2) is 48.0 Å². The number of quaternary nitrogens is 1. The van der Waals surface area contributed by atoms with Crippen molar-refractivity contribution in [2.75, 3.05) is 26.0 Å². The van der Waals surface area contributed by atoms with Gasteiger partial charge < -0.3 is 14.5 Å². The molecule has 3 aliphatic rings. The first-order valence-corrected chi connectivity index (χ1v) is 11.6. The van der Waals surface area contributed by atoms with Gasteiger partial charge in [-0.25, -0.2) is 0 Å². The minimum absolute atomic E-state index is 0.142. The van der Waals surface area contributed by atoms with Gasteiger partial charge in [-0.15, -0.1) is 0 Å². The van der Waals surface area contributed by atoms with Gasteiger partial charge in [-0.2, -0.15) is 0 Å². The van der Waals surface area contributed by atoms with Gasteiger partial charge in [0.15, 0.2) is 0 Å². The van der Waals surface area contributed by atoms with Gasteiger partial charge in [0.1, 0.15) is 18.9 Å². The standard InChI is InChI=1S/C26H29ClN2O2/c1-29(2,24-12-18-3-6-19(24)11-18)15-17-4-8-23(9-5-17)28-26(30)21-13-20-14-22(27)7-10-25(20)31-16-21/h4-5,7-10,13-14,18-19,24H,3,6,11-12,15-16H2,1-2H3/p+1/t18?,19?,24-/m0/s1. The summed E-state index contributed by atoms with van der Waals surface area (Å²) in [6.07, 6.45) is 7.53. The van der Waals surface area contributed by atoms with Crippen molar-refractivity contribution in [2.24, 2.45) is 11.8 Å². The van der Waals surface area contributed by atoms with Gasteiger partial charge in [-0.1, -0.05) is 23.7 Å². The zero-order valence-corrected chi connectivity index (χ0v) is 19.0. The molecule has 2 aliphatic carbocycles. The van der Waals surface area contributed by atoms with E-state index in [0.717, 1.165) is 45.9 Å². The van der Waals surface area contributed by atoms with E-state index in [1.54, 1.807) is 6.07 Å². The minimum atomic E-state index is -0.142. The molecule has 162 valence electrons. The SMILES string of the molecule is C[N+](C)(Cc1ccc(NC(=O)C2=Cc3cc(Cl)ccc3OC2)cc1)[C@H]1CC2CCC1C2. The quantitative estimate of drug-likeness (QED) is 0.625. The Morgan fingerprint density at radius 1 is 1.13 bits per heavy atom. The molecule has 2 aromatic rings. The van der Waals surface area contributed by atoms with Crippen LogP contribution in [-0.4, -0.2) is 37.1 Å². The Morgan fingerprint density at radius 3 is 2.65 bits per heavy atom. The molecule has 1 heterocycles. The summed E-state index contributed by atoms with van der Waals surface area (Å²) < 4.78 is 6.76. The first-order valence-electron chi connectivity index (χ1n) is 11.2. The van der Waals surface area contributed by atoms with Crippen molar-refractivity contribution in [1.82, 2.24) is 0 Å². The maximum Gasteiger partial charge on any atom is 0.255 e. The van der Waals surface area contributed by atoms with Gasteiger partial charge in [0, 0.05) is 34.2 Å². The summed E-state index contributed by atoms with van der Waals surface area (Å²) in [4.78, 5) is 12.7. The normalized spacial score (nSPS) is 24.4. The zero-order chi connectivity index (χ0) is 21.6. The Labute approximate surface area is 189 Å². The monoisotopic (exact) mass is 437 g/mol. The molecule has 5 rings (SSSR count). The Morgan fingerprint density at radius 2 is 1.94 bits per heavy atom. The van der Waals surface area contributed by atoms with Crippen molar-refractivity contribution >= 4 is 29.3 Å². The van der Waals surface area contributed by atoms with Crippen LogP contribution in [-0.2, 0) is 11.3 Å². The van der Waals surface area contributed by atoms with E-state index in [1.807, 2.05) is 30.3 Å². The van der Waals surface area contributed by atoms with Crippen LogP contribution in [0.25, 0.3) is 6.08 Å². The van der Waals surface area contributed by atoms with Crippen LogP contribution in [0, 0.1) is 11.8 Å². The second-order valence-corrected chi connectivity index (χ2v) is 10.4. The first kappa shape index (κ1) is 20.6. The van der Waals surface area contributed by atoms with Crippen molar-refractivity contribution in [3.8, 4) is 5.75 Å². The number of amides is 1. The molecule has 2 saturated carbocycles. The topological polar surface area (TPSA) is 38.3 Å². The van der Waals surface area contributed by atoms with Crippen LogP contribution in [0.5, 0.6) is 5.75 Å². The Kier molecular flexibility index (Phi) is 5.31. The highest BCUT2D eigenvalue weighted by Crippen LogP contribution is 2.48. The third-order valence-corrected chi connectivity index (χ3v) is 7.61. The van der Waals surface area contributed by atoms with Crippen LogP contribution >= 0.6 is 11.6 Å². The lowest BCUT2D eigenvalue weighted by Crippen LogP contribution is -2.50. The summed E-state index contributed by atoms with van der Waals surface area (Å²) in [6.45, 7) is 1.28. The Hall–Kier alpha value is -2.30. The summed E-state index contributed by atoms with van der Waals surface area (Å²) >= 11 is 6.07. The molecule has 4 nitrogen and oxygen atoms in total. The number of ether oxygens (including phenoxy) is 1. The zero-order valence-electron chi connectivity index (χ0n) is 18.2. The molecule has 31 heavy (non-hydrogen) atoms. The van der Waals surface area contributed by atoms with Gasteiger partial charge in [-0.3, -0.25) is 4.79 Å². The maximum atomic E-state index is 12.7. The fourth-order valence-electron chi connectivity index (χ4n) is 5.84. The fourth-order valence-corrected chi connectivity index (χ4v) is 6.02. The van der Waals surface area contributed by atoms with Crippen LogP contribution in [0.4, 0.5) is 5.69 Å². The van der Waals surface area contributed by atoms with Gasteiger partial charge in [-0.05, 0) is 61.6 Å². The van der Waals surface area contributed by atoms with E-state index in [4.69, 9.17) is 16.3 Å². The Bertz CT molecular complexity index is 1030. The highest BCUT2D eigenvalue weighted by atomic mass is 35.5. The number of fused-ring (bicyclic) bond motifs is 3. The molecule has 0 saturated heterocycles. The van der Waals surface area contributed by atoms with E-state index < -0.39 is 0 Å². The van der Waals surface area contributed by atoms with Crippen LogP contribution in [0.2, 0.25) is 5.02 Å². The molecule has 2 aromatic carbocycles. The smallest absolute Gasteiger partial charge is 0.255 e. The predicted octanol–water partition coefficient (Wildman–Crippen LogP) is 5.52. The predicted molar refractivity (Wildman–Crippen MR) is 125 cm³/mol. The van der Waals surface area contributed by atoms with E-state index in [1.165, 1.54) is 31.2 Å². The minimum Gasteiger partial charge on any atom is -0.488 e. The fraction of sp³-hybridized carbons (Fsp3) is 0.423. The summed E-state index contributed by atoms with van der Waals surface area (Å²) in [7, 11) is 4.75. The molecule has 2 bridgehead atoms. The lowest BCUT2D eigenvalue weighted by atomic mass is 9.92. The second kappa shape index (κ2) is 7.99. The second-order valence-electron chi connectivity index (χ2n) is 9.97. The molecule has 0 aromatic heterocycles. The molecule has 1 amide bonds. The van der Waals surface area contributed by atoms with Crippen molar-refractivity contribution < 1.29 is 14.0 Å². The number of hydrogen-bond donors (Lipinski definition) is 1. The first-order chi connectivity index (χ1) is 14.9. The highest BCUT2D eigenvalue weighted by molar-refractivity contribution is 6.30. The number of halogens is 1. The lowest BCUT2D eigenvalue weighted by molar-refractivity contribution is -0.931. The molecular weight excluding hydrogens is 408 g/mol. The van der Waals surface area contributed by atoms with Crippen LogP contribution in [0.1, 0.15) is 36.8 Å². The molecule has 0 radical (unpaired) electrons. The van der Waals surface area contributed by atoms with E-state index in [9.17, 15) is 4.79 Å². The number of benzene rings is 2. The molecule has 3 atom stereocenters. The number of carbonyl (C=O) groups excluding carboxylic acids is 1. The summed E-state index contributed by atoms with van der Waals surface area (Å²) in [5.74, 6) is 2.48. The number of nitrogens with zero attached hydrogens (tertiary/aromatic N) is 1. The molecule has 2 fully saturated rings. The number of nitrogens with one attached hydrogen (secondary N) is 1. The average molecular weight is 438 g/mol. The van der Waals surface area contributed by atoms with Crippen molar-refractivity contribution in [2.45, 2.75) is 38.3 Å². The largest absolute Gasteiger partial charge is 0.488 e. The molecule has 1 aliphatic heterocycles. The molecule has 1 N–H and O–H groups in total. The van der Waals surface area contributed by atoms with E-state index >= 15 is 0 Å². The van der Waals surface area contributed by atoms with Crippen LogP contribution in [0.3, 0.4) is 0 Å². The molecule has 0 spiro atoms. The van der Waals surface area contributed by atoms with E-state index in [2.05, 4.69) is 31.5 Å². The van der Waals surface area contributed by atoms with Gasteiger partial charge in [0.2, 0.25) is 0 Å². The molecular formula is C26H30ClN2O2+. The number of rotatable bonds is 5. The third-order valence-electron chi connectivity index (χ3n) is 7.38. The van der Waals surface area contributed by atoms with Crippen molar-refractivity contribution in [1.29, 1.82) is 0 Å². The maximum absolute atomic E-state index is 12.7. The lowest BCUT2D eigenvalue weighted by Gasteiger charge is -2.40. The molecule has 5 heteroatoms. The third kappa shape index (κ3) is 4.24. The Balaban J connectivity index is 1.23. The number of hydrogen-bond acceptors (Lipinski definition) is 2. The van der Waals surface area contributed by atoms with Gasteiger partial charge >= 0.3 is 0 Å². The van der Waals surface area contributed by atoms with Crippen molar-refractivity contribution in [3.63, 3.8) is 0 Å². The summed E-state index contributed by atoms with van der Waals surface area (Å²) in [5, 5.41) is 3.63.